The second kappa shape index (κ2) is 6.57. The number of halogens is 1. The number of carbonyl (C=O) groups excluding carboxylic acids is 1. The van der Waals surface area contributed by atoms with Crippen molar-refractivity contribution in [3.8, 4) is 0 Å². The SMILES string of the molecule is Cc1cc(S(=O)(=O)NCC(=O)N2c3ccccc3CC2C)ccc1F. The molecular formula is C18H19FN2O3S. The summed E-state index contributed by atoms with van der Waals surface area (Å²) in [5, 5.41) is 0. The molecule has 0 fully saturated rings. The summed E-state index contributed by atoms with van der Waals surface area (Å²) in [4.78, 5) is 14.1. The van der Waals surface area contributed by atoms with Gasteiger partial charge < -0.3 is 4.90 Å². The van der Waals surface area contributed by atoms with Crippen molar-refractivity contribution in [1.29, 1.82) is 0 Å². The van der Waals surface area contributed by atoms with Crippen molar-refractivity contribution in [2.24, 2.45) is 0 Å². The smallest absolute Gasteiger partial charge is 0.242 e. The van der Waals surface area contributed by atoms with Crippen molar-refractivity contribution in [3.63, 3.8) is 0 Å². The van der Waals surface area contributed by atoms with E-state index in [0.29, 0.717) is 0 Å². The van der Waals surface area contributed by atoms with Gasteiger partial charge in [-0.2, -0.15) is 0 Å². The van der Waals surface area contributed by atoms with Gasteiger partial charge in [0, 0.05) is 11.7 Å². The Hall–Kier alpha value is -2.25. The van der Waals surface area contributed by atoms with Gasteiger partial charge in [0.25, 0.3) is 0 Å². The van der Waals surface area contributed by atoms with Crippen molar-refractivity contribution in [2.45, 2.75) is 31.2 Å². The highest BCUT2D eigenvalue weighted by Crippen LogP contribution is 2.31. The lowest BCUT2D eigenvalue weighted by molar-refractivity contribution is -0.117. The molecule has 2 aromatic carbocycles. The molecule has 0 bridgehead atoms. The van der Waals surface area contributed by atoms with Crippen LogP contribution in [0.25, 0.3) is 0 Å². The Morgan fingerprint density at radius 2 is 2.00 bits per heavy atom. The van der Waals surface area contributed by atoms with Crippen LogP contribution in [0.5, 0.6) is 0 Å². The van der Waals surface area contributed by atoms with Crippen molar-refractivity contribution >= 4 is 21.6 Å². The number of nitrogens with zero attached hydrogens (tertiary/aromatic N) is 1. The normalized spacial score (nSPS) is 16.8. The van der Waals surface area contributed by atoms with Gasteiger partial charge in [-0.3, -0.25) is 4.79 Å². The minimum atomic E-state index is -3.88. The molecule has 1 unspecified atom stereocenters. The van der Waals surface area contributed by atoms with Crippen LogP contribution in [-0.4, -0.2) is 26.9 Å². The standard InChI is InChI=1S/C18H19FN2O3S/c1-12-9-15(7-8-16(12)19)25(23,24)20-11-18(22)21-13(2)10-14-5-3-4-6-17(14)21/h3-9,13,20H,10-11H2,1-2H3. The molecule has 1 N–H and O–H groups in total. The maximum absolute atomic E-state index is 13.3. The van der Waals surface area contributed by atoms with Crippen molar-refractivity contribution < 1.29 is 17.6 Å². The first-order chi connectivity index (χ1) is 11.8. The first kappa shape index (κ1) is 17.6. The fourth-order valence-electron chi connectivity index (χ4n) is 3.06. The van der Waals surface area contributed by atoms with Crippen LogP contribution in [-0.2, 0) is 21.2 Å². The van der Waals surface area contributed by atoms with Crippen LogP contribution in [0, 0.1) is 12.7 Å². The van der Waals surface area contributed by atoms with Gasteiger partial charge in [0.05, 0.1) is 11.4 Å². The maximum Gasteiger partial charge on any atom is 0.242 e. The Morgan fingerprint density at radius 1 is 1.28 bits per heavy atom. The van der Waals surface area contributed by atoms with Crippen LogP contribution in [0.15, 0.2) is 47.4 Å². The van der Waals surface area contributed by atoms with Crippen LogP contribution in [0.2, 0.25) is 0 Å². The van der Waals surface area contributed by atoms with E-state index in [9.17, 15) is 17.6 Å². The topological polar surface area (TPSA) is 66.5 Å². The highest BCUT2D eigenvalue weighted by atomic mass is 32.2. The minimum absolute atomic E-state index is 0.0255. The molecule has 3 rings (SSSR count). The molecule has 1 heterocycles. The predicted octanol–water partition coefficient (Wildman–Crippen LogP) is 2.39. The predicted molar refractivity (Wildman–Crippen MR) is 93.4 cm³/mol. The molecule has 0 spiro atoms. The van der Waals surface area contributed by atoms with Crippen molar-refractivity contribution in [2.75, 3.05) is 11.4 Å². The Bertz CT molecular complexity index is 928. The molecule has 5 nitrogen and oxygen atoms in total. The summed E-state index contributed by atoms with van der Waals surface area (Å²) >= 11 is 0. The Kier molecular flexibility index (Phi) is 4.62. The lowest BCUT2D eigenvalue weighted by Crippen LogP contribution is -2.43. The molecule has 2 aromatic rings. The number of fused-ring (bicyclic) bond motifs is 1. The van der Waals surface area contributed by atoms with Crippen molar-refractivity contribution in [3.05, 3.63) is 59.4 Å². The maximum atomic E-state index is 13.3. The number of rotatable bonds is 4. The van der Waals surface area contributed by atoms with E-state index in [1.165, 1.54) is 19.1 Å². The fraction of sp³-hybridized carbons (Fsp3) is 0.278. The van der Waals surface area contributed by atoms with Gasteiger partial charge in [-0.05, 0) is 55.7 Å². The van der Waals surface area contributed by atoms with Gasteiger partial charge in [0.1, 0.15) is 5.82 Å². The largest absolute Gasteiger partial charge is 0.308 e. The third kappa shape index (κ3) is 3.43. The van der Waals surface area contributed by atoms with E-state index in [2.05, 4.69) is 4.72 Å². The summed E-state index contributed by atoms with van der Waals surface area (Å²) in [5.41, 5.74) is 2.12. The number of sulfonamides is 1. The molecule has 1 atom stereocenters. The van der Waals surface area contributed by atoms with Crippen molar-refractivity contribution in [1.82, 2.24) is 4.72 Å². The molecule has 0 saturated carbocycles. The average molecular weight is 362 g/mol. The quantitative estimate of drug-likeness (QED) is 0.908. The van der Waals surface area contributed by atoms with Gasteiger partial charge in [0.15, 0.2) is 0 Å². The monoisotopic (exact) mass is 362 g/mol. The van der Waals surface area contributed by atoms with Crippen LogP contribution in [0.4, 0.5) is 10.1 Å². The van der Waals surface area contributed by atoms with Gasteiger partial charge in [-0.25, -0.2) is 17.5 Å². The molecule has 0 aliphatic carbocycles. The lowest BCUT2D eigenvalue weighted by Gasteiger charge is -2.23. The molecule has 1 aliphatic rings. The number of nitrogens with one attached hydrogen (secondary N) is 1. The van der Waals surface area contributed by atoms with E-state index in [1.807, 2.05) is 31.2 Å². The zero-order valence-electron chi connectivity index (χ0n) is 14.0. The summed E-state index contributed by atoms with van der Waals surface area (Å²) < 4.78 is 40.3. The fourth-order valence-corrected chi connectivity index (χ4v) is 4.11. The Labute approximate surface area is 146 Å². The second-order valence-corrected chi connectivity index (χ2v) is 7.95. The summed E-state index contributed by atoms with van der Waals surface area (Å²) in [7, 11) is -3.88. The third-order valence-electron chi connectivity index (χ3n) is 4.33. The van der Waals surface area contributed by atoms with E-state index >= 15 is 0 Å². The lowest BCUT2D eigenvalue weighted by atomic mass is 10.1. The summed E-state index contributed by atoms with van der Waals surface area (Å²) in [6, 6.07) is 11.1. The van der Waals surface area contributed by atoms with Gasteiger partial charge in [-0.15, -0.1) is 0 Å². The average Bonchev–Trinajstić information content (AvgIpc) is 2.91. The molecule has 132 valence electrons. The molecule has 0 aromatic heterocycles. The highest BCUT2D eigenvalue weighted by molar-refractivity contribution is 7.89. The van der Waals surface area contributed by atoms with Gasteiger partial charge in [0.2, 0.25) is 15.9 Å². The Balaban J connectivity index is 1.75. The molecule has 1 amide bonds. The second-order valence-electron chi connectivity index (χ2n) is 6.18. The highest BCUT2D eigenvalue weighted by Gasteiger charge is 2.31. The number of aryl methyl sites for hydroxylation is 1. The molecule has 25 heavy (non-hydrogen) atoms. The first-order valence-electron chi connectivity index (χ1n) is 7.95. The minimum Gasteiger partial charge on any atom is -0.308 e. The molecule has 7 heteroatoms. The number of para-hydroxylation sites is 1. The van der Waals surface area contributed by atoms with Crippen LogP contribution in [0.3, 0.4) is 0 Å². The van der Waals surface area contributed by atoms with E-state index in [-0.39, 0.29) is 29.0 Å². The molecular weight excluding hydrogens is 343 g/mol. The molecule has 0 saturated heterocycles. The zero-order valence-corrected chi connectivity index (χ0v) is 14.8. The summed E-state index contributed by atoms with van der Waals surface area (Å²) in [6.07, 6.45) is 0.742. The number of benzene rings is 2. The van der Waals surface area contributed by atoms with E-state index in [1.54, 1.807) is 4.90 Å². The van der Waals surface area contributed by atoms with Gasteiger partial charge in [-0.1, -0.05) is 18.2 Å². The number of anilines is 1. The van der Waals surface area contributed by atoms with Gasteiger partial charge >= 0.3 is 0 Å². The third-order valence-corrected chi connectivity index (χ3v) is 5.73. The molecule has 1 aliphatic heterocycles. The number of hydrogen-bond donors (Lipinski definition) is 1. The van der Waals surface area contributed by atoms with Crippen LogP contribution in [0.1, 0.15) is 18.1 Å². The number of amides is 1. The van der Waals surface area contributed by atoms with Crippen LogP contribution < -0.4 is 9.62 Å². The zero-order chi connectivity index (χ0) is 18.2. The first-order valence-corrected chi connectivity index (χ1v) is 9.43. The Morgan fingerprint density at radius 3 is 2.72 bits per heavy atom. The summed E-state index contributed by atoms with van der Waals surface area (Å²) in [6.45, 7) is 3.06. The van der Waals surface area contributed by atoms with Crippen LogP contribution >= 0.6 is 0 Å². The molecule has 0 radical (unpaired) electrons. The van der Waals surface area contributed by atoms with E-state index in [4.69, 9.17) is 0 Å². The van der Waals surface area contributed by atoms with E-state index in [0.717, 1.165) is 23.7 Å². The summed E-state index contributed by atoms with van der Waals surface area (Å²) in [5.74, 6) is -0.794. The number of hydrogen-bond acceptors (Lipinski definition) is 3. The van der Waals surface area contributed by atoms with E-state index < -0.39 is 15.8 Å². The number of carbonyl (C=O) groups is 1.